The van der Waals surface area contributed by atoms with Crippen LogP contribution in [0, 0.1) is 6.92 Å². The van der Waals surface area contributed by atoms with E-state index in [0.29, 0.717) is 12.5 Å². The molecule has 0 radical (unpaired) electrons. The highest BCUT2D eigenvalue weighted by molar-refractivity contribution is 7.90. The molecule has 1 fully saturated rings. The van der Waals surface area contributed by atoms with Gasteiger partial charge in [-0.05, 0) is 19.8 Å². The van der Waals surface area contributed by atoms with Crippen LogP contribution in [-0.4, -0.2) is 49.3 Å². The molecule has 1 aliphatic heterocycles. The number of aryl methyl sites for hydroxylation is 1. The van der Waals surface area contributed by atoms with Crippen LogP contribution < -0.4 is 0 Å². The van der Waals surface area contributed by atoms with E-state index in [-0.39, 0.29) is 18.1 Å². The van der Waals surface area contributed by atoms with Crippen LogP contribution in [0.5, 0.6) is 0 Å². The maximum atomic E-state index is 12.1. The summed E-state index contributed by atoms with van der Waals surface area (Å²) in [4.78, 5) is 19.4. The molecule has 1 aliphatic rings. The summed E-state index contributed by atoms with van der Waals surface area (Å²) in [5.41, 5.74) is 0. The molecule has 112 valence electrons. The number of hydrogen-bond donors (Lipinski definition) is 0. The van der Waals surface area contributed by atoms with Crippen LogP contribution >= 0.6 is 11.3 Å². The second-order valence-electron chi connectivity index (χ2n) is 5.37. The Bertz CT molecular complexity index is 580. The monoisotopic (exact) mass is 316 g/mol. The van der Waals surface area contributed by atoms with E-state index < -0.39 is 9.84 Å². The van der Waals surface area contributed by atoms with Crippen molar-refractivity contribution in [3.63, 3.8) is 0 Å². The van der Waals surface area contributed by atoms with Gasteiger partial charge in [-0.1, -0.05) is 0 Å². The van der Waals surface area contributed by atoms with Crippen LogP contribution in [0.3, 0.4) is 0 Å². The van der Waals surface area contributed by atoms with Gasteiger partial charge in [0.05, 0.1) is 10.8 Å². The Morgan fingerprint density at radius 2 is 2.30 bits per heavy atom. The van der Waals surface area contributed by atoms with Crippen molar-refractivity contribution in [1.29, 1.82) is 0 Å². The van der Waals surface area contributed by atoms with Crippen LogP contribution in [0.2, 0.25) is 0 Å². The van der Waals surface area contributed by atoms with E-state index in [0.717, 1.165) is 30.6 Å². The number of likely N-dealkylation sites (tertiary alicyclic amines) is 1. The van der Waals surface area contributed by atoms with E-state index in [1.165, 1.54) is 4.88 Å². The number of piperidine rings is 1. The predicted molar refractivity (Wildman–Crippen MR) is 79.7 cm³/mol. The quantitative estimate of drug-likeness (QED) is 0.846. The third kappa shape index (κ3) is 4.28. The first kappa shape index (κ1) is 15.4. The van der Waals surface area contributed by atoms with Gasteiger partial charge in [0.2, 0.25) is 5.91 Å². The summed E-state index contributed by atoms with van der Waals surface area (Å²) in [7, 11) is -3.08. The van der Waals surface area contributed by atoms with Gasteiger partial charge in [0.1, 0.15) is 9.84 Å². The van der Waals surface area contributed by atoms with Crippen LogP contribution in [0.1, 0.15) is 35.1 Å². The number of carbonyl (C=O) groups excluding carboxylic acids is 1. The van der Waals surface area contributed by atoms with E-state index in [1.807, 2.05) is 13.1 Å². The molecule has 0 bridgehead atoms. The molecule has 1 aromatic rings. The Labute approximate surface area is 123 Å². The molecule has 7 heteroatoms. The average Bonchev–Trinajstić information content (AvgIpc) is 2.82. The van der Waals surface area contributed by atoms with Gasteiger partial charge in [-0.25, -0.2) is 13.4 Å². The van der Waals surface area contributed by atoms with Crippen molar-refractivity contribution in [1.82, 2.24) is 9.88 Å². The lowest BCUT2D eigenvalue weighted by Gasteiger charge is -2.31. The van der Waals surface area contributed by atoms with Crippen LogP contribution in [-0.2, 0) is 14.6 Å². The van der Waals surface area contributed by atoms with Gasteiger partial charge >= 0.3 is 0 Å². The first-order valence-electron chi connectivity index (χ1n) is 6.73. The zero-order valence-corrected chi connectivity index (χ0v) is 13.5. The van der Waals surface area contributed by atoms with E-state index in [9.17, 15) is 13.2 Å². The molecule has 1 saturated heterocycles. The normalized spacial score (nSPS) is 20.1. The van der Waals surface area contributed by atoms with E-state index in [1.54, 1.807) is 16.2 Å². The van der Waals surface area contributed by atoms with Crippen molar-refractivity contribution in [2.24, 2.45) is 0 Å². The number of aromatic nitrogens is 1. The Kier molecular flexibility index (Phi) is 4.80. The fourth-order valence-corrected chi connectivity index (χ4v) is 3.84. The number of thiazole rings is 1. The molecule has 0 saturated carbocycles. The maximum absolute atomic E-state index is 12.1. The molecular formula is C13H20N2O3S2. The summed E-state index contributed by atoms with van der Waals surface area (Å²) in [5.74, 6) is 0.168. The summed E-state index contributed by atoms with van der Waals surface area (Å²) in [6, 6.07) is 0. The predicted octanol–water partition coefficient (Wildman–Crippen LogP) is 1.59. The maximum Gasteiger partial charge on any atom is 0.223 e. The molecule has 0 aromatic carbocycles. The lowest BCUT2D eigenvalue weighted by molar-refractivity contribution is -0.131. The van der Waals surface area contributed by atoms with E-state index >= 15 is 0 Å². The van der Waals surface area contributed by atoms with Crippen molar-refractivity contribution >= 4 is 27.1 Å². The number of nitrogens with zero attached hydrogens (tertiary/aromatic N) is 2. The SMILES string of the molecule is Cc1cnc([C@@H]2CCCN(C(=O)CCS(C)(=O)=O)C2)s1. The summed E-state index contributed by atoms with van der Waals surface area (Å²) in [6.45, 7) is 3.41. The van der Waals surface area contributed by atoms with Crippen molar-refractivity contribution in [3.05, 3.63) is 16.1 Å². The Hall–Kier alpha value is -0.950. The highest BCUT2D eigenvalue weighted by atomic mass is 32.2. The molecule has 2 heterocycles. The van der Waals surface area contributed by atoms with Gasteiger partial charge < -0.3 is 4.90 Å². The summed E-state index contributed by atoms with van der Waals surface area (Å²) in [6.07, 6.45) is 5.11. The fourth-order valence-electron chi connectivity index (χ4n) is 2.40. The number of carbonyl (C=O) groups is 1. The Morgan fingerprint density at radius 1 is 1.55 bits per heavy atom. The van der Waals surface area contributed by atoms with Gasteiger partial charge in [-0.15, -0.1) is 11.3 Å². The van der Waals surface area contributed by atoms with Crippen molar-refractivity contribution < 1.29 is 13.2 Å². The molecule has 0 unspecified atom stereocenters. The minimum Gasteiger partial charge on any atom is -0.342 e. The Morgan fingerprint density at radius 3 is 2.90 bits per heavy atom. The zero-order chi connectivity index (χ0) is 14.8. The molecule has 1 amide bonds. The summed E-state index contributed by atoms with van der Waals surface area (Å²) in [5, 5.41) is 1.09. The van der Waals surface area contributed by atoms with E-state index in [4.69, 9.17) is 0 Å². The lowest BCUT2D eigenvalue weighted by Crippen LogP contribution is -2.39. The van der Waals surface area contributed by atoms with Crippen molar-refractivity contribution in [2.45, 2.75) is 32.1 Å². The molecule has 1 aromatic heterocycles. The Balaban J connectivity index is 1.94. The molecule has 0 N–H and O–H groups in total. The van der Waals surface area contributed by atoms with Crippen LogP contribution in [0.15, 0.2) is 6.20 Å². The molecule has 2 rings (SSSR count). The third-order valence-electron chi connectivity index (χ3n) is 3.45. The van der Waals surface area contributed by atoms with Gasteiger partial charge in [0.15, 0.2) is 0 Å². The number of sulfone groups is 1. The largest absolute Gasteiger partial charge is 0.342 e. The first-order valence-corrected chi connectivity index (χ1v) is 9.60. The number of rotatable bonds is 4. The second kappa shape index (κ2) is 6.22. The molecule has 0 aliphatic carbocycles. The topological polar surface area (TPSA) is 67.3 Å². The van der Waals surface area contributed by atoms with Gasteiger partial charge in [0, 0.05) is 42.8 Å². The minimum atomic E-state index is -3.08. The number of hydrogen-bond acceptors (Lipinski definition) is 5. The second-order valence-corrected chi connectivity index (χ2v) is 8.89. The van der Waals surface area contributed by atoms with E-state index in [2.05, 4.69) is 4.98 Å². The van der Waals surface area contributed by atoms with Gasteiger partial charge in [0.25, 0.3) is 0 Å². The lowest BCUT2D eigenvalue weighted by atomic mass is 9.98. The highest BCUT2D eigenvalue weighted by Gasteiger charge is 2.26. The van der Waals surface area contributed by atoms with Gasteiger partial charge in [-0.3, -0.25) is 4.79 Å². The van der Waals surface area contributed by atoms with Crippen LogP contribution in [0.4, 0.5) is 0 Å². The average molecular weight is 316 g/mol. The first-order chi connectivity index (χ1) is 9.35. The smallest absolute Gasteiger partial charge is 0.223 e. The zero-order valence-electron chi connectivity index (χ0n) is 11.8. The molecule has 20 heavy (non-hydrogen) atoms. The highest BCUT2D eigenvalue weighted by Crippen LogP contribution is 2.29. The summed E-state index contributed by atoms with van der Waals surface area (Å²) >= 11 is 1.68. The van der Waals surface area contributed by atoms with Crippen molar-refractivity contribution in [2.75, 3.05) is 25.1 Å². The standard InChI is InChI=1S/C13H20N2O3S2/c1-10-8-14-13(19-10)11-4-3-6-15(9-11)12(16)5-7-20(2,17)18/h8,11H,3-7,9H2,1-2H3/t11-/m1/s1. The molecule has 1 atom stereocenters. The third-order valence-corrected chi connectivity index (χ3v) is 5.47. The molecule has 0 spiro atoms. The van der Waals surface area contributed by atoms with Crippen LogP contribution in [0.25, 0.3) is 0 Å². The summed E-state index contributed by atoms with van der Waals surface area (Å²) < 4.78 is 22.3. The van der Waals surface area contributed by atoms with Gasteiger partial charge in [-0.2, -0.15) is 0 Å². The molecular weight excluding hydrogens is 296 g/mol. The fraction of sp³-hybridized carbons (Fsp3) is 0.692. The van der Waals surface area contributed by atoms with Crippen molar-refractivity contribution in [3.8, 4) is 0 Å². The number of amides is 1. The molecule has 5 nitrogen and oxygen atoms in total. The minimum absolute atomic E-state index is 0.0617.